The van der Waals surface area contributed by atoms with Gasteiger partial charge in [-0.3, -0.25) is 9.78 Å². The molecule has 0 bridgehead atoms. The van der Waals surface area contributed by atoms with Gasteiger partial charge in [-0.25, -0.2) is 0 Å². The lowest BCUT2D eigenvalue weighted by atomic mass is 10.1. The van der Waals surface area contributed by atoms with Crippen molar-refractivity contribution in [3.8, 4) is 0 Å². The standard InChI is InChI=1S/C14H20N2O2/c1-12(6-3-2-4-8-14(17)18)10-16-13-7-5-9-15-11-13/h5-7,9,11,16H,2-4,8,10H2,1H3,(H,17,18). The molecular formula is C14H20N2O2. The number of nitrogens with zero attached hydrogens (tertiary/aromatic N) is 1. The Balaban J connectivity index is 2.16. The maximum Gasteiger partial charge on any atom is 0.303 e. The van der Waals surface area contributed by atoms with Crippen molar-refractivity contribution in [2.45, 2.75) is 32.6 Å². The largest absolute Gasteiger partial charge is 0.481 e. The predicted octanol–water partition coefficient (Wildman–Crippen LogP) is 3.08. The molecule has 0 unspecified atom stereocenters. The van der Waals surface area contributed by atoms with E-state index >= 15 is 0 Å². The zero-order valence-electron chi connectivity index (χ0n) is 10.7. The van der Waals surface area contributed by atoms with Crippen LogP contribution >= 0.6 is 0 Å². The third kappa shape index (κ3) is 6.68. The average Bonchev–Trinajstić information content (AvgIpc) is 2.37. The molecule has 2 N–H and O–H groups in total. The number of rotatable bonds is 8. The number of hydrogen-bond donors (Lipinski definition) is 2. The third-order valence-corrected chi connectivity index (χ3v) is 2.57. The minimum Gasteiger partial charge on any atom is -0.481 e. The normalized spacial score (nSPS) is 11.3. The Morgan fingerprint density at radius 2 is 2.33 bits per heavy atom. The summed E-state index contributed by atoms with van der Waals surface area (Å²) in [5.74, 6) is -0.714. The fourth-order valence-electron chi connectivity index (χ4n) is 1.55. The van der Waals surface area contributed by atoms with Crippen LogP contribution in [0.2, 0.25) is 0 Å². The summed E-state index contributed by atoms with van der Waals surface area (Å²) in [5.41, 5.74) is 2.27. The van der Waals surface area contributed by atoms with Gasteiger partial charge in [-0.05, 0) is 38.3 Å². The first kappa shape index (κ1) is 14.2. The second-order valence-corrected chi connectivity index (χ2v) is 4.29. The van der Waals surface area contributed by atoms with E-state index in [1.54, 1.807) is 12.4 Å². The van der Waals surface area contributed by atoms with Crippen LogP contribution in [0.5, 0.6) is 0 Å². The summed E-state index contributed by atoms with van der Waals surface area (Å²) >= 11 is 0. The quantitative estimate of drug-likeness (QED) is 0.548. The molecule has 0 aliphatic carbocycles. The van der Waals surface area contributed by atoms with Crippen molar-refractivity contribution in [3.05, 3.63) is 36.2 Å². The highest BCUT2D eigenvalue weighted by Crippen LogP contribution is 2.06. The van der Waals surface area contributed by atoms with Gasteiger partial charge in [0.2, 0.25) is 0 Å². The van der Waals surface area contributed by atoms with E-state index in [1.165, 1.54) is 5.57 Å². The molecule has 0 atom stereocenters. The fourth-order valence-corrected chi connectivity index (χ4v) is 1.55. The molecule has 1 aromatic rings. The zero-order valence-corrected chi connectivity index (χ0v) is 10.7. The first-order valence-corrected chi connectivity index (χ1v) is 6.20. The number of carboxylic acid groups (broad SMARTS) is 1. The maximum absolute atomic E-state index is 10.3. The summed E-state index contributed by atoms with van der Waals surface area (Å²) in [7, 11) is 0. The van der Waals surface area contributed by atoms with Crippen LogP contribution < -0.4 is 5.32 Å². The number of unbranched alkanes of at least 4 members (excludes halogenated alkanes) is 2. The van der Waals surface area contributed by atoms with Gasteiger partial charge in [0.1, 0.15) is 0 Å². The van der Waals surface area contributed by atoms with E-state index in [1.807, 2.05) is 12.1 Å². The fraction of sp³-hybridized carbons (Fsp3) is 0.429. The van der Waals surface area contributed by atoms with Crippen LogP contribution in [0, 0.1) is 0 Å². The summed E-state index contributed by atoms with van der Waals surface area (Å²) < 4.78 is 0. The lowest BCUT2D eigenvalue weighted by Gasteiger charge is -2.05. The van der Waals surface area contributed by atoms with E-state index in [2.05, 4.69) is 23.3 Å². The molecule has 98 valence electrons. The van der Waals surface area contributed by atoms with Crippen LogP contribution in [0.4, 0.5) is 5.69 Å². The van der Waals surface area contributed by atoms with Crippen LogP contribution in [0.15, 0.2) is 36.2 Å². The molecule has 0 spiro atoms. The van der Waals surface area contributed by atoms with E-state index in [4.69, 9.17) is 5.11 Å². The van der Waals surface area contributed by atoms with Gasteiger partial charge in [-0.15, -0.1) is 0 Å². The molecule has 18 heavy (non-hydrogen) atoms. The number of aromatic nitrogens is 1. The van der Waals surface area contributed by atoms with Crippen molar-refractivity contribution in [3.63, 3.8) is 0 Å². The molecule has 4 nitrogen and oxygen atoms in total. The zero-order chi connectivity index (χ0) is 13.2. The summed E-state index contributed by atoms with van der Waals surface area (Å²) in [4.78, 5) is 14.4. The van der Waals surface area contributed by atoms with Crippen LogP contribution in [0.3, 0.4) is 0 Å². The van der Waals surface area contributed by atoms with Gasteiger partial charge >= 0.3 is 5.97 Å². The van der Waals surface area contributed by atoms with E-state index in [-0.39, 0.29) is 6.42 Å². The van der Waals surface area contributed by atoms with Crippen molar-refractivity contribution >= 4 is 11.7 Å². The second kappa shape index (κ2) is 8.28. The monoisotopic (exact) mass is 248 g/mol. The van der Waals surface area contributed by atoms with Gasteiger partial charge in [-0.1, -0.05) is 11.6 Å². The number of carbonyl (C=O) groups is 1. The second-order valence-electron chi connectivity index (χ2n) is 4.29. The minimum atomic E-state index is -0.714. The van der Waals surface area contributed by atoms with Gasteiger partial charge in [0.05, 0.1) is 5.69 Å². The Kier molecular flexibility index (Phi) is 6.54. The lowest BCUT2D eigenvalue weighted by molar-refractivity contribution is -0.137. The first-order valence-electron chi connectivity index (χ1n) is 6.20. The van der Waals surface area contributed by atoms with E-state index < -0.39 is 5.97 Å². The number of carboxylic acids is 1. The molecule has 0 aliphatic heterocycles. The number of aliphatic carboxylic acids is 1. The molecule has 0 saturated heterocycles. The Bertz CT molecular complexity index is 388. The minimum absolute atomic E-state index is 0.265. The molecule has 0 amide bonds. The summed E-state index contributed by atoms with van der Waals surface area (Å²) in [6.45, 7) is 2.87. The molecular weight excluding hydrogens is 228 g/mol. The first-order chi connectivity index (χ1) is 8.68. The highest BCUT2D eigenvalue weighted by atomic mass is 16.4. The Hall–Kier alpha value is -1.84. The Labute approximate surface area is 108 Å². The Morgan fingerprint density at radius 1 is 1.50 bits per heavy atom. The van der Waals surface area contributed by atoms with Crippen molar-refractivity contribution < 1.29 is 9.90 Å². The lowest BCUT2D eigenvalue weighted by Crippen LogP contribution is -2.02. The van der Waals surface area contributed by atoms with Crippen LogP contribution in [-0.2, 0) is 4.79 Å². The molecule has 0 saturated carbocycles. The maximum atomic E-state index is 10.3. The highest BCUT2D eigenvalue weighted by Gasteiger charge is 1.96. The molecule has 0 aromatic carbocycles. The summed E-state index contributed by atoms with van der Waals surface area (Å²) in [5, 5.41) is 11.8. The highest BCUT2D eigenvalue weighted by molar-refractivity contribution is 5.66. The van der Waals surface area contributed by atoms with Crippen molar-refractivity contribution in [2.24, 2.45) is 0 Å². The molecule has 1 rings (SSSR count). The molecule has 4 heteroatoms. The van der Waals surface area contributed by atoms with Gasteiger partial charge in [-0.2, -0.15) is 0 Å². The number of anilines is 1. The van der Waals surface area contributed by atoms with Gasteiger partial charge < -0.3 is 10.4 Å². The van der Waals surface area contributed by atoms with Gasteiger partial charge in [0, 0.05) is 25.4 Å². The topological polar surface area (TPSA) is 62.2 Å². The van der Waals surface area contributed by atoms with E-state index in [9.17, 15) is 4.79 Å². The molecule has 1 aromatic heterocycles. The number of hydrogen-bond acceptors (Lipinski definition) is 3. The van der Waals surface area contributed by atoms with Crippen LogP contribution in [0.1, 0.15) is 32.6 Å². The number of nitrogens with one attached hydrogen (secondary N) is 1. The van der Waals surface area contributed by atoms with E-state index in [0.29, 0.717) is 0 Å². The molecule has 0 fully saturated rings. The van der Waals surface area contributed by atoms with Crippen molar-refractivity contribution in [2.75, 3.05) is 11.9 Å². The molecule has 0 radical (unpaired) electrons. The van der Waals surface area contributed by atoms with Crippen molar-refractivity contribution in [1.82, 2.24) is 4.98 Å². The van der Waals surface area contributed by atoms with Gasteiger partial charge in [0.25, 0.3) is 0 Å². The Morgan fingerprint density at radius 3 is 3.00 bits per heavy atom. The molecule has 1 heterocycles. The predicted molar refractivity (Wildman–Crippen MR) is 72.6 cm³/mol. The SMILES string of the molecule is CC(=CCCCCC(=O)O)CNc1cccnc1. The summed E-state index contributed by atoms with van der Waals surface area (Å²) in [6, 6.07) is 3.88. The summed E-state index contributed by atoms with van der Waals surface area (Å²) in [6.07, 6.45) is 8.57. The van der Waals surface area contributed by atoms with Crippen LogP contribution in [-0.4, -0.2) is 22.6 Å². The van der Waals surface area contributed by atoms with E-state index in [0.717, 1.165) is 31.5 Å². The third-order valence-electron chi connectivity index (χ3n) is 2.57. The average molecular weight is 248 g/mol. The number of pyridine rings is 1. The smallest absolute Gasteiger partial charge is 0.303 e. The van der Waals surface area contributed by atoms with Crippen LogP contribution in [0.25, 0.3) is 0 Å². The number of allylic oxidation sites excluding steroid dienone is 1. The molecule has 0 aliphatic rings. The van der Waals surface area contributed by atoms with Crippen molar-refractivity contribution in [1.29, 1.82) is 0 Å². The van der Waals surface area contributed by atoms with Gasteiger partial charge in [0.15, 0.2) is 0 Å².